The zero-order valence-electron chi connectivity index (χ0n) is 8.53. The zero-order chi connectivity index (χ0) is 12.8. The molecule has 0 aliphatic heterocycles. The van der Waals surface area contributed by atoms with Crippen LogP contribution in [-0.2, 0) is 0 Å². The first-order valence-corrected chi connectivity index (χ1v) is 5.94. The number of rotatable bonds is 7. The lowest BCUT2D eigenvalue weighted by Gasteiger charge is -2.20. The molecule has 0 radical (unpaired) electrons. The highest BCUT2D eigenvalue weighted by molar-refractivity contribution is 7.80. The van der Waals surface area contributed by atoms with Gasteiger partial charge in [0.2, 0.25) is 0 Å². The van der Waals surface area contributed by atoms with Gasteiger partial charge in [-0.15, -0.1) is 11.6 Å². The van der Waals surface area contributed by atoms with Gasteiger partial charge in [-0.1, -0.05) is 6.42 Å². The molecular formula is C9H14ClF5S. The fourth-order valence-corrected chi connectivity index (χ4v) is 1.61. The van der Waals surface area contributed by atoms with Crippen molar-refractivity contribution in [3.63, 3.8) is 0 Å². The Labute approximate surface area is 102 Å². The predicted molar refractivity (Wildman–Crippen MR) is 57.6 cm³/mol. The van der Waals surface area contributed by atoms with Gasteiger partial charge in [0.25, 0.3) is 0 Å². The van der Waals surface area contributed by atoms with Gasteiger partial charge in [0.05, 0.1) is 0 Å². The van der Waals surface area contributed by atoms with E-state index in [9.17, 15) is 22.0 Å². The molecular weight excluding hydrogens is 271 g/mol. The van der Waals surface area contributed by atoms with Gasteiger partial charge in [-0.3, -0.25) is 0 Å². The second kappa shape index (κ2) is 6.89. The first-order chi connectivity index (χ1) is 7.20. The summed E-state index contributed by atoms with van der Waals surface area (Å²) in [6, 6.07) is 0. The summed E-state index contributed by atoms with van der Waals surface area (Å²) in [6.45, 7) is 0. The molecule has 0 spiro atoms. The third kappa shape index (κ3) is 6.13. The molecule has 0 amide bonds. The molecule has 1 atom stereocenters. The molecule has 0 fully saturated rings. The summed E-state index contributed by atoms with van der Waals surface area (Å²) >= 11 is 9.37. The minimum atomic E-state index is -5.46. The standard InChI is InChI=1S/C9H14ClF5S/c10-6-2-1-3-7(16)4-5-8(11,12)9(13,14)15/h7,16H,1-6H2. The van der Waals surface area contributed by atoms with Gasteiger partial charge in [0.1, 0.15) is 0 Å². The number of unbranched alkanes of at least 4 members (excludes halogenated alkanes) is 1. The molecule has 0 aliphatic carbocycles. The number of halogens is 6. The van der Waals surface area contributed by atoms with E-state index in [2.05, 4.69) is 12.6 Å². The molecule has 0 rings (SSSR count). The topological polar surface area (TPSA) is 0 Å². The molecule has 0 nitrogen and oxygen atoms in total. The van der Waals surface area contributed by atoms with Gasteiger partial charge in [0, 0.05) is 17.6 Å². The summed E-state index contributed by atoms with van der Waals surface area (Å²) in [7, 11) is 0. The Morgan fingerprint density at radius 3 is 2.00 bits per heavy atom. The first-order valence-electron chi connectivity index (χ1n) is 4.89. The molecule has 0 saturated heterocycles. The second-order valence-electron chi connectivity index (χ2n) is 3.58. The fraction of sp³-hybridized carbons (Fsp3) is 1.00. The lowest BCUT2D eigenvalue weighted by atomic mass is 10.1. The van der Waals surface area contributed by atoms with Crippen LogP contribution in [0.2, 0.25) is 0 Å². The molecule has 7 heteroatoms. The quantitative estimate of drug-likeness (QED) is 0.299. The van der Waals surface area contributed by atoms with E-state index < -0.39 is 23.8 Å². The Morgan fingerprint density at radius 1 is 1.00 bits per heavy atom. The lowest BCUT2D eigenvalue weighted by Crippen LogP contribution is -2.36. The average Bonchev–Trinajstić information content (AvgIpc) is 2.13. The van der Waals surface area contributed by atoms with E-state index in [-0.39, 0.29) is 6.42 Å². The average molecular weight is 285 g/mol. The van der Waals surface area contributed by atoms with Crippen LogP contribution in [0.25, 0.3) is 0 Å². The summed E-state index contributed by atoms with van der Waals surface area (Å²) < 4.78 is 60.4. The van der Waals surface area contributed by atoms with Crippen LogP contribution in [0.4, 0.5) is 22.0 Å². The smallest absolute Gasteiger partial charge is 0.196 e. The summed E-state index contributed by atoms with van der Waals surface area (Å²) in [5.74, 6) is -4.15. The van der Waals surface area contributed by atoms with E-state index in [0.717, 1.165) is 0 Å². The van der Waals surface area contributed by atoms with Crippen LogP contribution in [0.1, 0.15) is 32.1 Å². The van der Waals surface area contributed by atoms with Crippen LogP contribution >= 0.6 is 24.2 Å². The van der Waals surface area contributed by atoms with E-state index in [0.29, 0.717) is 25.1 Å². The van der Waals surface area contributed by atoms with Crippen molar-refractivity contribution in [1.29, 1.82) is 0 Å². The van der Waals surface area contributed by atoms with Gasteiger partial charge in [-0.25, -0.2) is 0 Å². The normalized spacial score (nSPS) is 15.2. The van der Waals surface area contributed by atoms with Crippen molar-refractivity contribution in [3.8, 4) is 0 Å². The number of hydrogen-bond acceptors (Lipinski definition) is 1. The van der Waals surface area contributed by atoms with Crippen LogP contribution < -0.4 is 0 Å². The SMILES string of the molecule is FC(F)(F)C(F)(F)CCC(S)CCCCCl. The summed E-state index contributed by atoms with van der Waals surface area (Å²) in [5, 5.41) is -0.434. The van der Waals surface area contributed by atoms with Crippen LogP contribution in [-0.4, -0.2) is 23.2 Å². The van der Waals surface area contributed by atoms with Crippen molar-refractivity contribution in [2.45, 2.75) is 49.5 Å². The maximum atomic E-state index is 12.5. The van der Waals surface area contributed by atoms with E-state index in [1.165, 1.54) is 0 Å². The molecule has 0 aromatic rings. The molecule has 0 heterocycles. The van der Waals surface area contributed by atoms with Crippen molar-refractivity contribution in [3.05, 3.63) is 0 Å². The maximum Gasteiger partial charge on any atom is 0.453 e. The summed E-state index contributed by atoms with van der Waals surface area (Å²) in [6.07, 6.45) is -5.01. The number of hydrogen-bond donors (Lipinski definition) is 1. The van der Waals surface area contributed by atoms with Gasteiger partial charge in [-0.05, 0) is 19.3 Å². The van der Waals surface area contributed by atoms with Gasteiger partial charge in [0.15, 0.2) is 0 Å². The van der Waals surface area contributed by atoms with Crippen LogP contribution in [0.3, 0.4) is 0 Å². The molecule has 0 saturated carbocycles. The predicted octanol–water partition coefficient (Wildman–Crippen LogP) is 4.67. The molecule has 98 valence electrons. The summed E-state index contributed by atoms with van der Waals surface area (Å²) in [4.78, 5) is 0. The van der Waals surface area contributed by atoms with E-state index >= 15 is 0 Å². The molecule has 0 aromatic carbocycles. The number of thiol groups is 1. The molecule has 0 aromatic heterocycles. The third-order valence-electron chi connectivity index (χ3n) is 2.13. The Morgan fingerprint density at radius 2 is 1.56 bits per heavy atom. The van der Waals surface area contributed by atoms with Crippen molar-refractivity contribution in [1.82, 2.24) is 0 Å². The Balaban J connectivity index is 3.86. The summed E-state index contributed by atoms with van der Waals surface area (Å²) in [5.41, 5.74) is 0. The molecule has 1 unspecified atom stereocenters. The van der Waals surface area contributed by atoms with Crippen molar-refractivity contribution in [2.24, 2.45) is 0 Å². The monoisotopic (exact) mass is 284 g/mol. The fourth-order valence-electron chi connectivity index (χ4n) is 1.11. The molecule has 0 bridgehead atoms. The van der Waals surface area contributed by atoms with Crippen LogP contribution in [0, 0.1) is 0 Å². The van der Waals surface area contributed by atoms with Crippen LogP contribution in [0.5, 0.6) is 0 Å². The van der Waals surface area contributed by atoms with Crippen molar-refractivity contribution >= 4 is 24.2 Å². The highest BCUT2D eigenvalue weighted by atomic mass is 35.5. The molecule has 0 N–H and O–H groups in total. The maximum absolute atomic E-state index is 12.5. The van der Waals surface area contributed by atoms with Gasteiger partial charge < -0.3 is 0 Å². The molecule has 0 aliphatic rings. The Bertz CT molecular complexity index is 195. The van der Waals surface area contributed by atoms with E-state index in [1.54, 1.807) is 0 Å². The molecule has 16 heavy (non-hydrogen) atoms. The third-order valence-corrected chi connectivity index (χ3v) is 2.91. The highest BCUT2D eigenvalue weighted by Gasteiger charge is 2.56. The Kier molecular flexibility index (Phi) is 7.01. The van der Waals surface area contributed by atoms with Crippen molar-refractivity contribution in [2.75, 3.05) is 5.88 Å². The largest absolute Gasteiger partial charge is 0.453 e. The van der Waals surface area contributed by atoms with E-state index in [1.807, 2.05) is 0 Å². The van der Waals surface area contributed by atoms with Gasteiger partial charge >= 0.3 is 12.1 Å². The minimum absolute atomic E-state index is 0.252. The second-order valence-corrected chi connectivity index (χ2v) is 4.69. The zero-order valence-corrected chi connectivity index (χ0v) is 10.2. The highest BCUT2D eigenvalue weighted by Crippen LogP contribution is 2.39. The Hall–Kier alpha value is 0.290. The lowest BCUT2D eigenvalue weighted by molar-refractivity contribution is -0.284. The van der Waals surface area contributed by atoms with E-state index in [4.69, 9.17) is 11.6 Å². The number of alkyl halides is 6. The minimum Gasteiger partial charge on any atom is -0.196 e. The van der Waals surface area contributed by atoms with Crippen molar-refractivity contribution < 1.29 is 22.0 Å². The van der Waals surface area contributed by atoms with Crippen LogP contribution in [0.15, 0.2) is 0 Å². The van der Waals surface area contributed by atoms with Gasteiger partial charge in [-0.2, -0.15) is 34.6 Å². The first kappa shape index (κ1) is 16.3.